The van der Waals surface area contributed by atoms with Crippen molar-refractivity contribution in [2.24, 2.45) is 0 Å². The predicted molar refractivity (Wildman–Crippen MR) is 111 cm³/mol. The van der Waals surface area contributed by atoms with Crippen LogP contribution in [0.2, 0.25) is 0 Å². The molecular weight excluding hydrogens is 390 g/mol. The molecule has 1 saturated heterocycles. The van der Waals surface area contributed by atoms with Crippen LogP contribution < -0.4 is 4.90 Å². The molecule has 0 unspecified atom stereocenters. The fraction of sp³-hybridized carbons (Fsp3) is 0.476. The Hall–Kier alpha value is -2.32. The first kappa shape index (κ1) is 20.0. The molecule has 1 aromatic heterocycles. The molecule has 0 bridgehead atoms. The third-order valence-corrected chi connectivity index (χ3v) is 7.88. The Morgan fingerprint density at radius 1 is 0.897 bits per heavy atom. The van der Waals surface area contributed by atoms with Gasteiger partial charge in [0.15, 0.2) is 5.60 Å². The van der Waals surface area contributed by atoms with Crippen LogP contribution in [0.1, 0.15) is 37.8 Å². The lowest BCUT2D eigenvalue weighted by atomic mass is 9.82. The van der Waals surface area contributed by atoms with Crippen molar-refractivity contribution in [2.45, 2.75) is 37.7 Å². The van der Waals surface area contributed by atoms with Crippen molar-refractivity contribution in [3.05, 3.63) is 54.4 Å². The van der Waals surface area contributed by atoms with E-state index < -0.39 is 15.8 Å². The van der Waals surface area contributed by atoms with E-state index in [2.05, 4.69) is 4.90 Å². The summed E-state index contributed by atoms with van der Waals surface area (Å²) in [5.41, 5.74) is 0.795. The third kappa shape index (κ3) is 3.79. The van der Waals surface area contributed by atoms with E-state index in [4.69, 9.17) is 4.74 Å². The third-order valence-electron chi connectivity index (χ3n) is 6.05. The Kier molecular flexibility index (Phi) is 5.65. The summed E-state index contributed by atoms with van der Waals surface area (Å²) in [5, 5.41) is 0. The second-order valence-electron chi connectivity index (χ2n) is 7.69. The molecule has 1 aliphatic carbocycles. The first-order chi connectivity index (χ1) is 14.1. The van der Waals surface area contributed by atoms with E-state index in [0.717, 1.165) is 24.9 Å². The Labute approximate surface area is 172 Å². The highest BCUT2D eigenvalue weighted by molar-refractivity contribution is 7.87. The van der Waals surface area contributed by atoms with Gasteiger partial charge < -0.3 is 9.64 Å². The van der Waals surface area contributed by atoms with Gasteiger partial charge in [0.1, 0.15) is 0 Å². The topological polar surface area (TPSA) is 71.8 Å². The van der Waals surface area contributed by atoms with Gasteiger partial charge in [-0.25, -0.2) is 3.97 Å². The fourth-order valence-electron chi connectivity index (χ4n) is 4.51. The molecule has 0 N–H and O–H groups in total. The molecule has 156 valence electrons. The van der Waals surface area contributed by atoms with Gasteiger partial charge in [0.2, 0.25) is 0 Å². The average molecular weight is 418 g/mol. The maximum absolute atomic E-state index is 13.4. The van der Waals surface area contributed by atoms with E-state index in [1.165, 1.54) is 8.28 Å². The highest BCUT2D eigenvalue weighted by atomic mass is 32.2. The number of carbonyl (C=O) groups is 1. The SMILES string of the molecule is O=COC1(c2cccn2S(=O)(=O)N2CCN(c3ccccc3)CC2)CCCCC1. The molecule has 2 aliphatic rings. The lowest BCUT2D eigenvalue weighted by Crippen LogP contribution is -2.51. The van der Waals surface area contributed by atoms with Gasteiger partial charge in [0.05, 0.1) is 5.69 Å². The number of hydrogen-bond acceptors (Lipinski definition) is 5. The first-order valence-electron chi connectivity index (χ1n) is 10.2. The standard InChI is InChI=1S/C21H27N3O4S/c25-18-28-21(11-5-2-6-12-21)20-10-7-13-24(20)29(26,27)23-16-14-22(15-17-23)19-8-3-1-4-9-19/h1,3-4,7-10,13,18H,2,5-6,11-12,14-17H2. The van der Waals surface area contributed by atoms with Crippen molar-refractivity contribution in [3.63, 3.8) is 0 Å². The zero-order valence-electron chi connectivity index (χ0n) is 16.4. The molecule has 1 aromatic carbocycles. The van der Waals surface area contributed by atoms with E-state index in [-0.39, 0.29) is 0 Å². The summed E-state index contributed by atoms with van der Waals surface area (Å²) in [6, 6.07) is 13.5. The van der Waals surface area contributed by atoms with Crippen molar-refractivity contribution in [1.82, 2.24) is 8.28 Å². The van der Waals surface area contributed by atoms with Crippen molar-refractivity contribution in [2.75, 3.05) is 31.1 Å². The number of hydrogen-bond donors (Lipinski definition) is 0. The number of anilines is 1. The first-order valence-corrected chi connectivity index (χ1v) is 11.6. The van der Waals surface area contributed by atoms with Crippen molar-refractivity contribution >= 4 is 22.4 Å². The number of aromatic nitrogens is 1. The van der Waals surface area contributed by atoms with Crippen LogP contribution in [0.4, 0.5) is 5.69 Å². The molecule has 0 radical (unpaired) electrons. The second-order valence-corrected chi connectivity index (χ2v) is 9.49. The van der Waals surface area contributed by atoms with Crippen molar-refractivity contribution in [3.8, 4) is 0 Å². The zero-order chi connectivity index (χ0) is 20.3. The van der Waals surface area contributed by atoms with Gasteiger partial charge in [0, 0.05) is 38.1 Å². The van der Waals surface area contributed by atoms with Gasteiger partial charge in [-0.15, -0.1) is 0 Å². The molecule has 0 atom stereocenters. The van der Waals surface area contributed by atoms with Crippen LogP contribution in [0.3, 0.4) is 0 Å². The van der Waals surface area contributed by atoms with E-state index in [1.807, 2.05) is 30.3 Å². The van der Waals surface area contributed by atoms with Crippen LogP contribution >= 0.6 is 0 Å². The summed E-state index contributed by atoms with van der Waals surface area (Å²) in [6.45, 7) is 2.55. The minimum absolute atomic E-state index is 0.413. The molecule has 0 spiro atoms. The van der Waals surface area contributed by atoms with Crippen LogP contribution in [0.5, 0.6) is 0 Å². The lowest BCUT2D eigenvalue weighted by Gasteiger charge is -2.38. The average Bonchev–Trinajstić information content (AvgIpc) is 3.27. The highest BCUT2D eigenvalue weighted by Crippen LogP contribution is 2.41. The maximum Gasteiger partial charge on any atom is 0.307 e. The van der Waals surface area contributed by atoms with E-state index in [9.17, 15) is 13.2 Å². The van der Waals surface area contributed by atoms with Gasteiger partial charge >= 0.3 is 10.2 Å². The summed E-state index contributed by atoms with van der Waals surface area (Å²) >= 11 is 0. The maximum atomic E-state index is 13.4. The number of rotatable bonds is 6. The van der Waals surface area contributed by atoms with Crippen LogP contribution in [0, 0.1) is 0 Å². The Bertz CT molecular complexity index is 928. The zero-order valence-corrected chi connectivity index (χ0v) is 17.3. The second kappa shape index (κ2) is 8.20. The minimum Gasteiger partial charge on any atom is -0.455 e. The minimum atomic E-state index is -3.73. The molecule has 29 heavy (non-hydrogen) atoms. The Balaban J connectivity index is 1.56. The normalized spacial score (nSPS) is 20.3. The van der Waals surface area contributed by atoms with Crippen molar-refractivity contribution < 1.29 is 17.9 Å². The number of benzene rings is 1. The number of nitrogens with zero attached hydrogens (tertiary/aromatic N) is 3. The van der Waals surface area contributed by atoms with Crippen molar-refractivity contribution in [1.29, 1.82) is 0 Å². The highest BCUT2D eigenvalue weighted by Gasteiger charge is 2.41. The molecule has 2 heterocycles. The molecule has 1 aliphatic heterocycles. The predicted octanol–water partition coefficient (Wildman–Crippen LogP) is 2.74. The van der Waals surface area contributed by atoms with Gasteiger partial charge in [-0.1, -0.05) is 24.6 Å². The molecule has 4 rings (SSSR count). The number of piperazine rings is 1. The fourth-order valence-corrected chi connectivity index (χ4v) is 6.08. The van der Waals surface area contributed by atoms with Gasteiger partial charge in [0.25, 0.3) is 6.47 Å². The summed E-state index contributed by atoms with van der Waals surface area (Å²) in [6.07, 6.45) is 5.75. The summed E-state index contributed by atoms with van der Waals surface area (Å²) in [4.78, 5) is 13.4. The lowest BCUT2D eigenvalue weighted by molar-refractivity contribution is -0.149. The number of carbonyl (C=O) groups excluding carboxylic acids is 1. The van der Waals surface area contributed by atoms with Crippen LogP contribution in [0.25, 0.3) is 0 Å². The van der Waals surface area contributed by atoms with E-state index in [0.29, 0.717) is 51.2 Å². The molecule has 8 heteroatoms. The summed E-state index contributed by atoms with van der Waals surface area (Å²) in [7, 11) is -3.73. The molecular formula is C21H27N3O4S. The van der Waals surface area contributed by atoms with Crippen LogP contribution in [-0.4, -0.2) is 49.3 Å². The van der Waals surface area contributed by atoms with E-state index in [1.54, 1.807) is 18.3 Å². The van der Waals surface area contributed by atoms with Crippen LogP contribution in [0.15, 0.2) is 48.7 Å². The smallest absolute Gasteiger partial charge is 0.307 e. The number of ether oxygens (including phenoxy) is 1. The molecule has 2 fully saturated rings. The quantitative estimate of drug-likeness (QED) is 0.676. The summed E-state index contributed by atoms with van der Waals surface area (Å²) in [5.74, 6) is 0. The molecule has 1 saturated carbocycles. The van der Waals surface area contributed by atoms with Gasteiger partial charge in [-0.3, -0.25) is 4.79 Å². The van der Waals surface area contributed by atoms with Gasteiger partial charge in [-0.2, -0.15) is 12.7 Å². The van der Waals surface area contributed by atoms with Crippen LogP contribution in [-0.2, 0) is 25.3 Å². The van der Waals surface area contributed by atoms with Gasteiger partial charge in [-0.05, 0) is 49.9 Å². The Morgan fingerprint density at radius 2 is 1.59 bits per heavy atom. The number of para-hydroxylation sites is 1. The largest absolute Gasteiger partial charge is 0.455 e. The monoisotopic (exact) mass is 417 g/mol. The summed E-state index contributed by atoms with van der Waals surface area (Å²) < 4.78 is 35.2. The Morgan fingerprint density at radius 3 is 2.24 bits per heavy atom. The molecule has 7 nitrogen and oxygen atoms in total. The van der Waals surface area contributed by atoms with E-state index >= 15 is 0 Å². The molecule has 0 amide bonds. The molecule has 2 aromatic rings.